The van der Waals surface area contributed by atoms with E-state index in [-0.39, 0.29) is 20.7 Å². The van der Waals surface area contributed by atoms with E-state index in [9.17, 15) is 8.42 Å². The number of nitrogens with zero attached hydrogens (tertiary/aromatic N) is 3. The monoisotopic (exact) mass is 357 g/mol. The summed E-state index contributed by atoms with van der Waals surface area (Å²) in [6, 6.07) is 9.42. The Morgan fingerprint density at radius 2 is 1.86 bits per heavy atom. The van der Waals surface area contributed by atoms with Gasteiger partial charge in [0.05, 0.1) is 12.1 Å². The number of halogens is 2. The van der Waals surface area contributed by atoms with Crippen molar-refractivity contribution >= 4 is 44.3 Å². The lowest BCUT2D eigenvalue weighted by atomic mass is 10.3. The highest BCUT2D eigenvalue weighted by molar-refractivity contribution is 7.90. The predicted octanol–water partition coefficient (Wildman–Crippen LogP) is 2.98. The Morgan fingerprint density at radius 3 is 2.59 bits per heavy atom. The number of para-hydroxylation sites is 1. The summed E-state index contributed by atoms with van der Waals surface area (Å²) in [4.78, 5) is -0.139. The van der Waals surface area contributed by atoms with E-state index < -0.39 is 10.0 Å². The molecule has 3 aromatic rings. The van der Waals surface area contributed by atoms with Gasteiger partial charge in [-0.1, -0.05) is 40.5 Å². The number of methoxy groups -OCH3 is 1. The summed E-state index contributed by atoms with van der Waals surface area (Å²) in [6.45, 7) is 0. The molecule has 3 rings (SSSR count). The summed E-state index contributed by atoms with van der Waals surface area (Å²) < 4.78 is 31.6. The minimum atomic E-state index is -4.03. The van der Waals surface area contributed by atoms with E-state index in [1.165, 1.54) is 19.2 Å². The molecule has 22 heavy (non-hydrogen) atoms. The number of fused-ring (bicyclic) bond motifs is 1. The molecule has 0 N–H and O–H groups in total. The van der Waals surface area contributed by atoms with Crippen molar-refractivity contribution in [3.05, 3.63) is 46.4 Å². The van der Waals surface area contributed by atoms with Crippen LogP contribution in [0, 0.1) is 0 Å². The summed E-state index contributed by atoms with van der Waals surface area (Å²) in [5.41, 5.74) is 0.820. The summed E-state index contributed by atoms with van der Waals surface area (Å²) >= 11 is 11.9. The standard InChI is InChI=1S/C13H9Cl2N3O3S/c1-21-13-11(7-6-8(14)12(13)15)22(19,20)18-10-5-3-2-4-9(10)16-17-18/h2-7H,1H3. The minimum Gasteiger partial charge on any atom is -0.494 e. The maximum atomic E-state index is 12.8. The van der Waals surface area contributed by atoms with E-state index >= 15 is 0 Å². The van der Waals surface area contributed by atoms with Crippen molar-refractivity contribution in [1.82, 2.24) is 14.4 Å². The normalized spacial score (nSPS) is 11.8. The second-order valence-corrected chi connectivity index (χ2v) is 6.84. The van der Waals surface area contributed by atoms with Crippen LogP contribution in [0.5, 0.6) is 5.75 Å². The van der Waals surface area contributed by atoms with Crippen LogP contribution in [-0.2, 0) is 10.0 Å². The van der Waals surface area contributed by atoms with Crippen molar-refractivity contribution in [3.8, 4) is 5.75 Å². The van der Waals surface area contributed by atoms with E-state index in [0.717, 1.165) is 4.09 Å². The van der Waals surface area contributed by atoms with Gasteiger partial charge in [-0.05, 0) is 24.3 Å². The molecule has 0 amide bonds. The van der Waals surface area contributed by atoms with Crippen molar-refractivity contribution in [2.45, 2.75) is 4.90 Å². The van der Waals surface area contributed by atoms with Crippen molar-refractivity contribution in [3.63, 3.8) is 0 Å². The molecule has 0 unspecified atom stereocenters. The molecule has 0 aliphatic carbocycles. The van der Waals surface area contributed by atoms with Crippen LogP contribution in [0.3, 0.4) is 0 Å². The molecule has 0 atom stereocenters. The molecule has 114 valence electrons. The Bertz CT molecular complexity index is 970. The molecule has 1 heterocycles. The van der Waals surface area contributed by atoms with Gasteiger partial charge >= 0.3 is 0 Å². The van der Waals surface area contributed by atoms with E-state index in [0.29, 0.717) is 11.0 Å². The largest absolute Gasteiger partial charge is 0.494 e. The maximum absolute atomic E-state index is 12.8. The zero-order valence-electron chi connectivity index (χ0n) is 11.2. The van der Waals surface area contributed by atoms with Gasteiger partial charge in [0.15, 0.2) is 5.75 Å². The van der Waals surface area contributed by atoms with Crippen molar-refractivity contribution in [2.24, 2.45) is 0 Å². The van der Waals surface area contributed by atoms with Crippen LogP contribution in [-0.4, -0.2) is 29.9 Å². The molecule has 6 nitrogen and oxygen atoms in total. The number of rotatable bonds is 3. The quantitative estimate of drug-likeness (QED) is 0.720. The second-order valence-electron chi connectivity index (χ2n) is 4.32. The molecule has 9 heteroatoms. The van der Waals surface area contributed by atoms with Gasteiger partial charge in [0.25, 0.3) is 10.0 Å². The number of benzene rings is 2. The molecule has 0 saturated heterocycles. The Hall–Kier alpha value is -1.83. The first-order valence-electron chi connectivity index (χ1n) is 6.05. The highest BCUT2D eigenvalue weighted by Crippen LogP contribution is 2.38. The Kier molecular flexibility index (Phi) is 3.72. The summed E-state index contributed by atoms with van der Waals surface area (Å²) in [6.07, 6.45) is 0. The smallest absolute Gasteiger partial charge is 0.288 e. The van der Waals surface area contributed by atoms with Crippen molar-refractivity contribution in [2.75, 3.05) is 7.11 Å². The Morgan fingerprint density at radius 1 is 1.14 bits per heavy atom. The zero-order valence-corrected chi connectivity index (χ0v) is 13.5. The first kappa shape index (κ1) is 15.1. The van der Waals surface area contributed by atoms with E-state index in [1.807, 2.05) is 0 Å². The van der Waals surface area contributed by atoms with Crippen LogP contribution in [0.25, 0.3) is 11.0 Å². The molecular formula is C13H9Cl2N3O3S. The molecule has 0 fully saturated rings. The molecule has 1 aromatic heterocycles. The fourth-order valence-corrected chi connectivity index (χ4v) is 3.86. The molecule has 0 aliphatic heterocycles. The average molecular weight is 358 g/mol. The van der Waals surface area contributed by atoms with Crippen molar-refractivity contribution < 1.29 is 13.2 Å². The fourth-order valence-electron chi connectivity index (χ4n) is 2.03. The lowest BCUT2D eigenvalue weighted by Crippen LogP contribution is -2.15. The molecule has 2 aromatic carbocycles. The summed E-state index contributed by atoms with van der Waals surface area (Å²) in [5.74, 6) is -0.0336. The van der Waals surface area contributed by atoms with Crippen LogP contribution >= 0.6 is 23.2 Å². The molecule has 0 aliphatic rings. The van der Waals surface area contributed by atoms with Gasteiger partial charge in [-0.2, -0.15) is 8.42 Å². The SMILES string of the molecule is COc1c(S(=O)(=O)n2nnc3ccccc32)ccc(Cl)c1Cl. The Balaban J connectivity index is 2.30. The molecular weight excluding hydrogens is 349 g/mol. The van der Waals surface area contributed by atoms with Crippen LogP contribution in [0.15, 0.2) is 41.3 Å². The van der Waals surface area contributed by atoms with Crippen LogP contribution in [0.1, 0.15) is 0 Å². The molecule has 0 radical (unpaired) electrons. The third kappa shape index (κ3) is 2.22. The van der Waals surface area contributed by atoms with Crippen LogP contribution in [0.2, 0.25) is 10.0 Å². The lowest BCUT2D eigenvalue weighted by molar-refractivity contribution is 0.402. The van der Waals surface area contributed by atoms with E-state index in [1.54, 1.807) is 24.3 Å². The average Bonchev–Trinajstić information content (AvgIpc) is 2.94. The molecule has 0 spiro atoms. The number of ether oxygens (including phenoxy) is 1. The van der Waals surface area contributed by atoms with E-state index in [4.69, 9.17) is 27.9 Å². The third-order valence-electron chi connectivity index (χ3n) is 3.05. The van der Waals surface area contributed by atoms with Crippen molar-refractivity contribution in [1.29, 1.82) is 0 Å². The number of hydrogen-bond acceptors (Lipinski definition) is 5. The maximum Gasteiger partial charge on any atom is 0.288 e. The first-order chi connectivity index (χ1) is 10.5. The van der Waals surface area contributed by atoms with Gasteiger partial charge in [-0.15, -0.1) is 9.19 Å². The van der Waals surface area contributed by atoms with Gasteiger partial charge in [-0.3, -0.25) is 0 Å². The zero-order chi connectivity index (χ0) is 15.9. The number of aromatic nitrogens is 3. The second kappa shape index (κ2) is 5.42. The fraction of sp³-hybridized carbons (Fsp3) is 0.0769. The molecule has 0 bridgehead atoms. The lowest BCUT2D eigenvalue weighted by Gasteiger charge is -2.12. The minimum absolute atomic E-state index is 0.0228. The Labute approximate surface area is 136 Å². The first-order valence-corrected chi connectivity index (χ1v) is 8.24. The van der Waals surface area contributed by atoms with Gasteiger partial charge in [0.1, 0.15) is 21.0 Å². The van der Waals surface area contributed by atoms with E-state index in [2.05, 4.69) is 10.3 Å². The summed E-state index contributed by atoms with van der Waals surface area (Å²) in [7, 11) is -2.71. The highest BCUT2D eigenvalue weighted by Gasteiger charge is 2.27. The molecule has 0 saturated carbocycles. The number of hydrogen-bond donors (Lipinski definition) is 0. The highest BCUT2D eigenvalue weighted by atomic mass is 35.5. The van der Waals surface area contributed by atoms with Crippen LogP contribution < -0.4 is 4.74 Å². The topological polar surface area (TPSA) is 74.1 Å². The third-order valence-corrected chi connectivity index (χ3v) is 5.43. The van der Waals surface area contributed by atoms with Gasteiger partial charge in [0, 0.05) is 0 Å². The van der Waals surface area contributed by atoms with Gasteiger partial charge < -0.3 is 4.74 Å². The van der Waals surface area contributed by atoms with Crippen LogP contribution in [0.4, 0.5) is 0 Å². The summed E-state index contributed by atoms with van der Waals surface area (Å²) in [5, 5.41) is 7.78. The van der Waals surface area contributed by atoms with Gasteiger partial charge in [-0.25, -0.2) is 0 Å². The predicted molar refractivity (Wildman–Crippen MR) is 83.1 cm³/mol. The van der Waals surface area contributed by atoms with Gasteiger partial charge in [0.2, 0.25) is 0 Å².